The van der Waals surface area contributed by atoms with E-state index in [9.17, 15) is 10.2 Å². The Morgan fingerprint density at radius 2 is 1.88 bits per heavy atom. The Morgan fingerprint density at radius 1 is 1.12 bits per heavy atom. The van der Waals surface area contributed by atoms with Gasteiger partial charge in [0.1, 0.15) is 11.5 Å². The second kappa shape index (κ2) is 7.02. The summed E-state index contributed by atoms with van der Waals surface area (Å²) >= 11 is 4.92. The molecule has 3 rings (SSSR count). The molecular formula is C17H14BrN3O2S. The summed E-state index contributed by atoms with van der Waals surface area (Å²) in [6.07, 6.45) is 1.45. The molecule has 0 aliphatic rings. The van der Waals surface area contributed by atoms with Gasteiger partial charge < -0.3 is 14.8 Å². The Bertz CT molecular complexity index is 959. The molecule has 0 saturated heterocycles. The lowest BCUT2D eigenvalue weighted by atomic mass is 10.2. The van der Waals surface area contributed by atoms with Crippen molar-refractivity contribution in [3.05, 3.63) is 62.7 Å². The zero-order chi connectivity index (χ0) is 17.1. The summed E-state index contributed by atoms with van der Waals surface area (Å²) in [6, 6.07) is 12.4. The van der Waals surface area contributed by atoms with E-state index in [1.165, 1.54) is 29.7 Å². The molecule has 2 N–H and O–H groups in total. The highest BCUT2D eigenvalue weighted by Crippen LogP contribution is 2.22. The second-order valence-corrected chi connectivity index (χ2v) is 6.81. The predicted octanol–water partition coefficient (Wildman–Crippen LogP) is 3.86. The van der Waals surface area contributed by atoms with Crippen LogP contribution in [-0.2, 0) is 7.05 Å². The van der Waals surface area contributed by atoms with Gasteiger partial charge in [0, 0.05) is 28.5 Å². The van der Waals surface area contributed by atoms with Crippen molar-refractivity contribution < 1.29 is 10.2 Å². The van der Waals surface area contributed by atoms with Gasteiger partial charge in [0.05, 0.1) is 11.9 Å². The van der Waals surface area contributed by atoms with Crippen molar-refractivity contribution in [2.45, 2.75) is 0 Å². The number of halogens is 1. The van der Waals surface area contributed by atoms with Crippen LogP contribution in [0.15, 0.2) is 62.5 Å². The smallest absolute Gasteiger partial charge is 0.210 e. The van der Waals surface area contributed by atoms with E-state index in [-0.39, 0.29) is 11.5 Å². The highest BCUT2D eigenvalue weighted by Gasteiger charge is 2.04. The number of hydrogen-bond acceptors (Lipinski definition) is 5. The maximum atomic E-state index is 9.72. The molecule has 24 heavy (non-hydrogen) atoms. The first-order valence-corrected chi connectivity index (χ1v) is 8.71. The fourth-order valence-corrected chi connectivity index (χ4v) is 3.25. The molecule has 0 saturated carbocycles. The number of rotatable bonds is 3. The van der Waals surface area contributed by atoms with Crippen LogP contribution >= 0.6 is 27.3 Å². The Kier molecular flexibility index (Phi) is 4.82. The second-order valence-electron chi connectivity index (χ2n) is 5.06. The first-order chi connectivity index (χ1) is 11.5. The lowest BCUT2D eigenvalue weighted by Crippen LogP contribution is -2.10. The highest BCUT2D eigenvalue weighted by molar-refractivity contribution is 9.10. The quantitative estimate of drug-likeness (QED) is 0.514. The van der Waals surface area contributed by atoms with Crippen LogP contribution in [0.2, 0.25) is 0 Å². The Labute approximate surface area is 151 Å². The lowest BCUT2D eigenvalue weighted by Gasteiger charge is -2.02. The first kappa shape index (κ1) is 16.5. The number of hydrogen-bond donors (Lipinski definition) is 2. The molecule has 0 unspecified atom stereocenters. The third-order valence-electron chi connectivity index (χ3n) is 3.42. The van der Waals surface area contributed by atoms with Gasteiger partial charge in [-0.25, -0.2) is 0 Å². The van der Waals surface area contributed by atoms with Crippen LogP contribution in [0.5, 0.6) is 11.5 Å². The lowest BCUT2D eigenvalue weighted by molar-refractivity contribution is 0.450. The van der Waals surface area contributed by atoms with Gasteiger partial charge in [-0.3, -0.25) is 0 Å². The summed E-state index contributed by atoms with van der Waals surface area (Å²) in [7, 11) is 1.93. The van der Waals surface area contributed by atoms with Crippen LogP contribution < -0.4 is 4.80 Å². The molecule has 122 valence electrons. The Hall–Kier alpha value is -2.38. The molecule has 3 aromatic rings. The Morgan fingerprint density at radius 3 is 2.58 bits per heavy atom. The largest absolute Gasteiger partial charge is 0.508 e. The van der Waals surface area contributed by atoms with Gasteiger partial charge in [0.2, 0.25) is 4.80 Å². The molecule has 0 amide bonds. The number of nitrogens with zero attached hydrogens (tertiary/aromatic N) is 3. The molecule has 0 aliphatic heterocycles. The summed E-state index contributed by atoms with van der Waals surface area (Å²) in [5.41, 5.74) is 2.64. The maximum absolute atomic E-state index is 9.72. The molecule has 0 bridgehead atoms. The van der Waals surface area contributed by atoms with Crippen molar-refractivity contribution in [3.63, 3.8) is 0 Å². The number of aromatic hydroxyl groups is 2. The molecule has 0 spiro atoms. The molecule has 7 heteroatoms. The molecule has 0 fully saturated rings. The van der Waals surface area contributed by atoms with E-state index in [1.54, 1.807) is 6.07 Å². The fourth-order valence-electron chi connectivity index (χ4n) is 2.12. The number of thiazole rings is 1. The van der Waals surface area contributed by atoms with E-state index in [1.807, 2.05) is 41.3 Å². The third-order valence-corrected chi connectivity index (χ3v) is 4.85. The van der Waals surface area contributed by atoms with E-state index in [4.69, 9.17) is 0 Å². The number of phenolic OH excluding ortho intramolecular Hbond substituents is 2. The van der Waals surface area contributed by atoms with E-state index >= 15 is 0 Å². The number of benzene rings is 2. The Balaban J connectivity index is 1.89. The average Bonchev–Trinajstić information content (AvgIpc) is 2.91. The molecule has 2 aromatic carbocycles. The fraction of sp³-hybridized carbons (Fsp3) is 0.0588. The van der Waals surface area contributed by atoms with Crippen molar-refractivity contribution in [1.29, 1.82) is 0 Å². The van der Waals surface area contributed by atoms with Gasteiger partial charge in [0.25, 0.3) is 0 Å². The maximum Gasteiger partial charge on any atom is 0.210 e. The number of aromatic nitrogens is 1. The minimum Gasteiger partial charge on any atom is -0.508 e. The topological polar surface area (TPSA) is 70.1 Å². The van der Waals surface area contributed by atoms with E-state index in [0.717, 1.165) is 20.5 Å². The van der Waals surface area contributed by atoms with Crippen LogP contribution in [0.3, 0.4) is 0 Å². The van der Waals surface area contributed by atoms with Gasteiger partial charge in [-0.1, -0.05) is 28.1 Å². The minimum absolute atomic E-state index is 0.00499. The van der Waals surface area contributed by atoms with Crippen LogP contribution in [0.4, 0.5) is 0 Å². The minimum atomic E-state index is -0.0416. The van der Waals surface area contributed by atoms with E-state index < -0.39 is 0 Å². The van der Waals surface area contributed by atoms with Crippen molar-refractivity contribution >= 4 is 33.5 Å². The van der Waals surface area contributed by atoms with Gasteiger partial charge in [-0.05, 0) is 29.8 Å². The summed E-state index contributed by atoms with van der Waals surface area (Å²) < 4.78 is 2.99. The van der Waals surface area contributed by atoms with Gasteiger partial charge >= 0.3 is 0 Å². The normalized spacial score (nSPS) is 12.2. The monoisotopic (exact) mass is 403 g/mol. The van der Waals surface area contributed by atoms with Crippen LogP contribution in [0, 0.1) is 0 Å². The summed E-state index contributed by atoms with van der Waals surface area (Å²) in [6.45, 7) is 0. The SMILES string of the molecule is Cn1c(-c2ccc(Br)cc2)csc1=NN=Cc1ccc(O)cc1O. The zero-order valence-electron chi connectivity index (χ0n) is 12.7. The molecular weight excluding hydrogens is 390 g/mol. The molecule has 0 atom stereocenters. The molecule has 0 aliphatic carbocycles. The van der Waals surface area contributed by atoms with Crippen molar-refractivity contribution in [1.82, 2.24) is 4.57 Å². The van der Waals surface area contributed by atoms with Gasteiger partial charge in [-0.2, -0.15) is 5.10 Å². The zero-order valence-corrected chi connectivity index (χ0v) is 15.1. The van der Waals surface area contributed by atoms with Crippen molar-refractivity contribution in [2.75, 3.05) is 0 Å². The van der Waals surface area contributed by atoms with Crippen LogP contribution in [-0.4, -0.2) is 21.0 Å². The summed E-state index contributed by atoms with van der Waals surface area (Å²) in [4.78, 5) is 0.738. The predicted molar refractivity (Wildman–Crippen MR) is 99.4 cm³/mol. The van der Waals surface area contributed by atoms with Crippen molar-refractivity contribution in [3.8, 4) is 22.8 Å². The first-order valence-electron chi connectivity index (χ1n) is 7.04. The molecule has 5 nitrogen and oxygen atoms in total. The standard InChI is InChI=1S/C17H14BrN3O2S/c1-21-15(11-2-5-13(18)6-3-11)10-24-17(21)20-19-9-12-4-7-14(22)8-16(12)23/h2-10,22-23H,1H3. The molecule has 1 aromatic heterocycles. The molecule has 0 radical (unpaired) electrons. The van der Waals surface area contributed by atoms with Gasteiger partial charge in [-0.15, -0.1) is 16.4 Å². The van der Waals surface area contributed by atoms with E-state index in [2.05, 4.69) is 26.1 Å². The third kappa shape index (κ3) is 3.58. The number of phenols is 2. The van der Waals surface area contributed by atoms with Gasteiger partial charge in [0.15, 0.2) is 0 Å². The van der Waals surface area contributed by atoms with Crippen molar-refractivity contribution in [2.24, 2.45) is 17.3 Å². The molecule has 1 heterocycles. The average molecular weight is 404 g/mol. The highest BCUT2D eigenvalue weighted by atomic mass is 79.9. The van der Waals surface area contributed by atoms with Crippen LogP contribution in [0.25, 0.3) is 11.3 Å². The van der Waals surface area contributed by atoms with E-state index in [0.29, 0.717) is 5.56 Å². The summed E-state index contributed by atoms with van der Waals surface area (Å²) in [5, 5.41) is 29.2. The summed E-state index contributed by atoms with van der Waals surface area (Å²) in [5.74, 6) is -0.0366. The van der Waals surface area contributed by atoms with Crippen LogP contribution in [0.1, 0.15) is 5.56 Å².